The maximum Gasteiger partial charge on any atom is 0.282 e. The highest BCUT2D eigenvalue weighted by atomic mass is 32.1. The summed E-state index contributed by atoms with van der Waals surface area (Å²) in [6.07, 6.45) is 13.0. The quantitative estimate of drug-likeness (QED) is 0.690. The molecule has 6 heteroatoms. The Morgan fingerprint density at radius 2 is 2.15 bits per heavy atom. The van der Waals surface area contributed by atoms with Gasteiger partial charge in [0.1, 0.15) is 5.65 Å². The van der Waals surface area contributed by atoms with Crippen molar-refractivity contribution in [2.75, 3.05) is 13.1 Å². The van der Waals surface area contributed by atoms with Gasteiger partial charge in [-0.1, -0.05) is 6.08 Å². The normalized spacial score (nSPS) is 16.3. The van der Waals surface area contributed by atoms with Gasteiger partial charge in [-0.3, -0.25) is 4.79 Å². The van der Waals surface area contributed by atoms with Gasteiger partial charge in [0.15, 0.2) is 5.01 Å². The summed E-state index contributed by atoms with van der Waals surface area (Å²) in [5.74, 6) is 0.0518. The van der Waals surface area contributed by atoms with Crippen molar-refractivity contribution in [3.8, 4) is 11.3 Å². The molecule has 27 heavy (non-hydrogen) atoms. The number of rotatable bonds is 3. The number of piperidine rings is 1. The Bertz CT molecular complexity index is 1120. The highest BCUT2D eigenvalue weighted by Gasteiger charge is 2.22. The lowest BCUT2D eigenvalue weighted by molar-refractivity contribution is 0.0724. The zero-order valence-corrected chi connectivity index (χ0v) is 15.6. The Hall–Kier alpha value is -2.95. The molecule has 1 N–H and O–H groups in total. The monoisotopic (exact) mass is 374 g/mol. The zero-order valence-electron chi connectivity index (χ0n) is 14.7. The van der Waals surface area contributed by atoms with E-state index in [1.165, 1.54) is 17.8 Å². The minimum atomic E-state index is 0.0518. The van der Waals surface area contributed by atoms with E-state index in [9.17, 15) is 4.79 Å². The summed E-state index contributed by atoms with van der Waals surface area (Å²) in [6, 6.07) is 2.10. The average Bonchev–Trinajstić information content (AvgIpc) is 3.47. The first-order valence-corrected chi connectivity index (χ1v) is 10.0. The maximum absolute atomic E-state index is 12.7. The number of fused-ring (bicyclic) bond motifs is 1. The molecule has 3 aromatic rings. The highest BCUT2D eigenvalue weighted by molar-refractivity contribution is 7.12. The lowest BCUT2D eigenvalue weighted by atomic mass is 10.1. The smallest absolute Gasteiger partial charge is 0.282 e. The molecule has 1 fully saturated rings. The van der Waals surface area contributed by atoms with Crippen LogP contribution in [0, 0.1) is 0 Å². The van der Waals surface area contributed by atoms with Crippen molar-refractivity contribution in [1.29, 1.82) is 0 Å². The average molecular weight is 374 g/mol. The van der Waals surface area contributed by atoms with Crippen molar-refractivity contribution in [3.05, 3.63) is 58.4 Å². The molecule has 0 aromatic carbocycles. The van der Waals surface area contributed by atoms with Crippen LogP contribution in [-0.4, -0.2) is 38.8 Å². The van der Waals surface area contributed by atoms with E-state index in [0.717, 1.165) is 59.4 Å². The molecule has 1 aliphatic heterocycles. The molecule has 0 spiro atoms. The number of amides is 1. The molecule has 0 saturated carbocycles. The number of aromatic amines is 1. The summed E-state index contributed by atoms with van der Waals surface area (Å²) in [5.41, 5.74) is 7.86. The topological polar surface area (TPSA) is 61.9 Å². The molecule has 134 valence electrons. The number of aromatic nitrogens is 3. The summed E-state index contributed by atoms with van der Waals surface area (Å²) in [5, 5.41) is 3.53. The molecule has 3 aromatic heterocycles. The zero-order chi connectivity index (χ0) is 18.2. The molecule has 2 aliphatic rings. The lowest BCUT2D eigenvalue weighted by Gasteiger charge is -2.25. The first-order chi connectivity index (χ1) is 13.3. The molecule has 1 saturated heterocycles. The second-order valence-electron chi connectivity index (χ2n) is 6.80. The second kappa shape index (κ2) is 6.65. The predicted octanol–water partition coefficient (Wildman–Crippen LogP) is 4.42. The van der Waals surface area contributed by atoms with Crippen molar-refractivity contribution in [3.63, 3.8) is 0 Å². The number of nitrogens with one attached hydrogen (secondary N) is 1. The molecule has 1 amide bonds. The molecule has 1 aliphatic carbocycles. The van der Waals surface area contributed by atoms with Crippen LogP contribution in [0.5, 0.6) is 0 Å². The SMILES string of the molecule is O=C(c1nc(-c2c[nH]c3ncc(C4=C=CC=C4)cc23)cs1)N1CCCCC1. The number of nitrogens with zero attached hydrogens (tertiary/aromatic N) is 3. The van der Waals surface area contributed by atoms with E-state index in [1.54, 1.807) is 0 Å². The van der Waals surface area contributed by atoms with E-state index < -0.39 is 0 Å². The molecule has 0 bridgehead atoms. The minimum Gasteiger partial charge on any atom is -0.345 e. The summed E-state index contributed by atoms with van der Waals surface area (Å²) in [4.78, 5) is 27.0. The van der Waals surface area contributed by atoms with E-state index in [1.807, 2.05) is 40.9 Å². The van der Waals surface area contributed by atoms with Crippen LogP contribution >= 0.6 is 11.3 Å². The maximum atomic E-state index is 12.7. The number of likely N-dealkylation sites (tertiary alicyclic amines) is 1. The molecule has 4 heterocycles. The Balaban J connectivity index is 1.49. The van der Waals surface area contributed by atoms with Gasteiger partial charge < -0.3 is 9.88 Å². The van der Waals surface area contributed by atoms with Gasteiger partial charge in [-0.2, -0.15) is 0 Å². The van der Waals surface area contributed by atoms with Crippen molar-refractivity contribution in [2.24, 2.45) is 0 Å². The molecular weight excluding hydrogens is 356 g/mol. The highest BCUT2D eigenvalue weighted by Crippen LogP contribution is 2.31. The minimum absolute atomic E-state index is 0.0518. The number of carbonyl (C=O) groups excluding carboxylic acids is 1. The van der Waals surface area contributed by atoms with Gasteiger partial charge >= 0.3 is 0 Å². The molecule has 5 rings (SSSR count). The van der Waals surface area contributed by atoms with Gasteiger partial charge in [0.25, 0.3) is 5.91 Å². The van der Waals surface area contributed by atoms with Gasteiger partial charge in [-0.05, 0) is 37.5 Å². The van der Waals surface area contributed by atoms with Crippen LogP contribution in [0.1, 0.15) is 34.6 Å². The van der Waals surface area contributed by atoms with Crippen molar-refractivity contribution >= 4 is 33.9 Å². The van der Waals surface area contributed by atoms with Gasteiger partial charge in [-0.15, -0.1) is 17.1 Å². The van der Waals surface area contributed by atoms with Crippen LogP contribution in [-0.2, 0) is 0 Å². The van der Waals surface area contributed by atoms with E-state index in [-0.39, 0.29) is 5.91 Å². The number of hydrogen-bond donors (Lipinski definition) is 1. The largest absolute Gasteiger partial charge is 0.345 e. The van der Waals surface area contributed by atoms with Crippen LogP contribution in [0.4, 0.5) is 0 Å². The fourth-order valence-corrected chi connectivity index (χ4v) is 4.38. The number of carbonyl (C=O) groups is 1. The first-order valence-electron chi connectivity index (χ1n) is 9.16. The predicted molar refractivity (Wildman–Crippen MR) is 108 cm³/mol. The fourth-order valence-electron chi connectivity index (χ4n) is 3.60. The number of H-pyrrole nitrogens is 1. The standard InChI is InChI=1S/C21H18N4OS/c26-21(25-8-4-1-5-9-25)20-24-18(13-27-20)17-12-23-19-16(17)10-15(11-22-19)14-6-2-3-7-14/h2-3,6,10-13H,1,4-5,8-9H2,(H,22,23). The number of thiazole rings is 1. The van der Waals surface area contributed by atoms with Gasteiger partial charge in [0, 0.05) is 52.9 Å². The van der Waals surface area contributed by atoms with E-state index in [0.29, 0.717) is 5.01 Å². The van der Waals surface area contributed by atoms with Crippen molar-refractivity contribution in [2.45, 2.75) is 19.3 Å². The molecule has 0 unspecified atom stereocenters. The van der Waals surface area contributed by atoms with Gasteiger partial charge in [0.05, 0.1) is 5.69 Å². The Morgan fingerprint density at radius 1 is 1.26 bits per heavy atom. The third kappa shape index (κ3) is 2.93. The third-order valence-electron chi connectivity index (χ3n) is 5.05. The van der Waals surface area contributed by atoms with Crippen molar-refractivity contribution in [1.82, 2.24) is 19.9 Å². The number of pyridine rings is 1. The van der Waals surface area contributed by atoms with E-state index >= 15 is 0 Å². The van der Waals surface area contributed by atoms with E-state index in [4.69, 9.17) is 0 Å². The van der Waals surface area contributed by atoms with Gasteiger partial charge in [0.2, 0.25) is 0 Å². The summed E-state index contributed by atoms with van der Waals surface area (Å²) >= 11 is 1.42. The fraction of sp³-hybridized carbons (Fsp3) is 0.238. The van der Waals surface area contributed by atoms with Gasteiger partial charge in [-0.25, -0.2) is 9.97 Å². The Labute approximate surface area is 160 Å². The summed E-state index contributed by atoms with van der Waals surface area (Å²) < 4.78 is 0. The van der Waals surface area contributed by atoms with Crippen LogP contribution in [0.25, 0.3) is 27.9 Å². The second-order valence-corrected chi connectivity index (χ2v) is 7.66. The summed E-state index contributed by atoms with van der Waals surface area (Å²) in [7, 11) is 0. The number of allylic oxidation sites excluding steroid dienone is 3. The third-order valence-corrected chi connectivity index (χ3v) is 5.88. The Morgan fingerprint density at radius 3 is 2.96 bits per heavy atom. The van der Waals surface area contributed by atoms with Crippen molar-refractivity contribution < 1.29 is 4.79 Å². The van der Waals surface area contributed by atoms with Crippen LogP contribution in [0.3, 0.4) is 0 Å². The summed E-state index contributed by atoms with van der Waals surface area (Å²) in [6.45, 7) is 1.68. The van der Waals surface area contributed by atoms with Crippen LogP contribution in [0.15, 0.2) is 47.8 Å². The molecular formula is C21H18N4OS. The van der Waals surface area contributed by atoms with Crippen LogP contribution < -0.4 is 0 Å². The molecule has 5 nitrogen and oxygen atoms in total. The lowest BCUT2D eigenvalue weighted by Crippen LogP contribution is -2.35. The first kappa shape index (κ1) is 16.2. The Kier molecular flexibility index (Phi) is 4.00. The number of hydrogen-bond acceptors (Lipinski definition) is 4. The molecule has 0 radical (unpaired) electrons. The van der Waals surface area contributed by atoms with E-state index in [2.05, 4.69) is 26.7 Å². The molecule has 0 atom stereocenters. The van der Waals surface area contributed by atoms with Crippen LogP contribution in [0.2, 0.25) is 0 Å².